The number of rotatable bonds is 6. The predicted octanol–water partition coefficient (Wildman–Crippen LogP) is 0.507. The van der Waals surface area contributed by atoms with E-state index in [0.717, 1.165) is 16.7 Å². The second-order valence-electron chi connectivity index (χ2n) is 5.89. The Bertz CT molecular complexity index is 1180. The maximum atomic E-state index is 11.9. The summed E-state index contributed by atoms with van der Waals surface area (Å²) in [5, 5.41) is 10.8. The van der Waals surface area contributed by atoms with Crippen molar-refractivity contribution in [3.8, 4) is 0 Å². The minimum absolute atomic E-state index is 0.0663. The first kappa shape index (κ1) is 20.3. The van der Waals surface area contributed by atoms with Crippen LogP contribution in [0.5, 0.6) is 0 Å². The fourth-order valence-electron chi connectivity index (χ4n) is 2.46. The summed E-state index contributed by atoms with van der Waals surface area (Å²) in [6, 6.07) is 11.6. The van der Waals surface area contributed by atoms with Gasteiger partial charge in [0.15, 0.2) is 12.2 Å². The number of nitrogens with one attached hydrogen (secondary N) is 2. The number of esters is 1. The number of ether oxygens (including phenoxy) is 1. The Labute approximate surface area is 167 Å². The third-order valence-electron chi connectivity index (χ3n) is 3.87. The van der Waals surface area contributed by atoms with Crippen molar-refractivity contribution in [1.29, 1.82) is 0 Å². The van der Waals surface area contributed by atoms with Crippen LogP contribution >= 0.6 is 0 Å². The van der Waals surface area contributed by atoms with Gasteiger partial charge in [0.2, 0.25) is 0 Å². The van der Waals surface area contributed by atoms with Gasteiger partial charge in [0.05, 0.1) is 16.5 Å². The second kappa shape index (κ2) is 8.68. The van der Waals surface area contributed by atoms with Gasteiger partial charge in [-0.15, -0.1) is 0 Å². The standard InChI is InChI=1S/C18H14N4O8/c23-15(19-20-17(25)11-4-2-1-3-5-11)10-29-16(24)9-21-13-7-6-12(22(27)28)8-14(13)30-18(21)26/h1-8H,9-10H2,(H,19,23)(H,20,25). The first-order chi connectivity index (χ1) is 14.3. The van der Waals surface area contributed by atoms with E-state index in [1.807, 2.05) is 0 Å². The van der Waals surface area contributed by atoms with Crippen molar-refractivity contribution >= 4 is 34.6 Å². The van der Waals surface area contributed by atoms with Gasteiger partial charge in [-0.2, -0.15) is 0 Å². The van der Waals surface area contributed by atoms with Crippen molar-refractivity contribution < 1.29 is 28.5 Å². The van der Waals surface area contributed by atoms with Crippen molar-refractivity contribution in [3.63, 3.8) is 0 Å². The number of aromatic nitrogens is 1. The molecular weight excluding hydrogens is 400 g/mol. The Kier molecular flexibility index (Phi) is 5.86. The fraction of sp³-hybridized carbons (Fsp3) is 0.111. The lowest BCUT2D eigenvalue weighted by molar-refractivity contribution is -0.384. The Morgan fingerprint density at radius 2 is 1.83 bits per heavy atom. The van der Waals surface area contributed by atoms with Crippen LogP contribution in [0.4, 0.5) is 5.69 Å². The van der Waals surface area contributed by atoms with Gasteiger partial charge in [-0.3, -0.25) is 39.9 Å². The average molecular weight is 414 g/mol. The Hall–Kier alpha value is -4.48. The van der Waals surface area contributed by atoms with Gasteiger partial charge >= 0.3 is 11.7 Å². The van der Waals surface area contributed by atoms with E-state index in [2.05, 4.69) is 10.9 Å². The summed E-state index contributed by atoms with van der Waals surface area (Å²) >= 11 is 0. The zero-order valence-corrected chi connectivity index (χ0v) is 15.2. The quantitative estimate of drug-likeness (QED) is 0.335. The monoisotopic (exact) mass is 414 g/mol. The minimum atomic E-state index is -0.928. The average Bonchev–Trinajstić information content (AvgIpc) is 3.05. The maximum Gasteiger partial charge on any atom is 0.420 e. The molecule has 1 heterocycles. The van der Waals surface area contributed by atoms with Crippen molar-refractivity contribution in [2.24, 2.45) is 0 Å². The van der Waals surface area contributed by atoms with Crippen LogP contribution in [0.1, 0.15) is 10.4 Å². The molecule has 0 aliphatic carbocycles. The van der Waals surface area contributed by atoms with Crippen molar-refractivity contribution in [1.82, 2.24) is 15.4 Å². The van der Waals surface area contributed by atoms with Gasteiger partial charge in [0.25, 0.3) is 17.5 Å². The first-order valence-corrected chi connectivity index (χ1v) is 8.43. The number of nitro groups is 1. The summed E-state index contributed by atoms with van der Waals surface area (Å²) in [5.41, 5.74) is 4.38. The highest BCUT2D eigenvalue weighted by molar-refractivity contribution is 5.95. The highest BCUT2D eigenvalue weighted by Crippen LogP contribution is 2.20. The molecule has 0 saturated carbocycles. The third-order valence-corrected chi connectivity index (χ3v) is 3.87. The van der Waals surface area contributed by atoms with E-state index in [1.165, 1.54) is 6.07 Å². The molecule has 0 atom stereocenters. The van der Waals surface area contributed by atoms with E-state index in [0.29, 0.717) is 5.56 Å². The van der Waals surface area contributed by atoms with Crippen molar-refractivity contribution in [2.45, 2.75) is 6.54 Å². The first-order valence-electron chi connectivity index (χ1n) is 8.43. The number of non-ortho nitro benzene ring substituents is 1. The van der Waals surface area contributed by atoms with Gasteiger partial charge in [-0.25, -0.2) is 4.79 Å². The molecule has 2 aromatic carbocycles. The largest absolute Gasteiger partial charge is 0.454 e. The molecule has 0 saturated heterocycles. The highest BCUT2D eigenvalue weighted by Gasteiger charge is 2.17. The summed E-state index contributed by atoms with van der Waals surface area (Å²) in [7, 11) is 0. The van der Waals surface area contributed by atoms with E-state index in [4.69, 9.17) is 9.15 Å². The number of carbonyl (C=O) groups is 3. The number of fused-ring (bicyclic) bond motifs is 1. The Morgan fingerprint density at radius 1 is 1.10 bits per heavy atom. The molecule has 2 N–H and O–H groups in total. The molecule has 30 heavy (non-hydrogen) atoms. The lowest BCUT2D eigenvalue weighted by atomic mass is 10.2. The van der Waals surface area contributed by atoms with Crippen molar-refractivity contribution in [3.05, 3.63) is 74.8 Å². The topological polar surface area (TPSA) is 163 Å². The van der Waals surface area contributed by atoms with E-state index < -0.39 is 41.6 Å². The number of hydrogen-bond acceptors (Lipinski definition) is 8. The summed E-state index contributed by atoms with van der Waals surface area (Å²) in [6.07, 6.45) is 0. The number of nitrogens with zero attached hydrogens (tertiary/aromatic N) is 2. The number of hydrazine groups is 1. The summed E-state index contributed by atoms with van der Waals surface area (Å²) < 4.78 is 10.6. The van der Waals surface area contributed by atoms with Crippen LogP contribution in [0, 0.1) is 10.1 Å². The molecule has 3 aromatic rings. The van der Waals surface area contributed by atoms with Crippen LogP contribution in [0.15, 0.2) is 57.7 Å². The van der Waals surface area contributed by atoms with Crippen LogP contribution in [-0.2, 0) is 20.9 Å². The van der Waals surface area contributed by atoms with Crippen LogP contribution < -0.4 is 16.6 Å². The SMILES string of the molecule is O=C(COC(=O)Cn1c(=O)oc2cc([N+](=O)[O-])ccc21)NNC(=O)c1ccccc1. The fourth-order valence-corrected chi connectivity index (χ4v) is 2.46. The predicted molar refractivity (Wildman–Crippen MR) is 100 cm³/mol. The van der Waals surface area contributed by atoms with Crippen molar-refractivity contribution in [2.75, 3.05) is 6.61 Å². The van der Waals surface area contributed by atoms with Gasteiger partial charge < -0.3 is 9.15 Å². The molecule has 0 aliphatic rings. The normalized spacial score (nSPS) is 10.4. The number of oxazole rings is 1. The lowest BCUT2D eigenvalue weighted by Gasteiger charge is -2.08. The molecule has 3 rings (SSSR count). The van der Waals surface area contributed by atoms with Crippen LogP contribution in [0.2, 0.25) is 0 Å². The maximum absolute atomic E-state index is 11.9. The third kappa shape index (κ3) is 4.67. The van der Waals surface area contributed by atoms with Crippen LogP contribution in [-0.4, -0.2) is 33.9 Å². The van der Waals surface area contributed by atoms with Crippen LogP contribution in [0.25, 0.3) is 11.1 Å². The van der Waals surface area contributed by atoms with Gasteiger partial charge in [-0.1, -0.05) is 18.2 Å². The Morgan fingerprint density at radius 3 is 2.53 bits per heavy atom. The molecule has 0 spiro atoms. The van der Waals surface area contributed by atoms with Gasteiger partial charge in [0, 0.05) is 11.6 Å². The number of amides is 2. The zero-order valence-electron chi connectivity index (χ0n) is 15.2. The molecule has 12 heteroatoms. The molecule has 2 amide bonds. The Balaban J connectivity index is 1.54. The number of benzene rings is 2. The molecule has 1 aromatic heterocycles. The number of nitro benzene ring substituents is 1. The molecule has 12 nitrogen and oxygen atoms in total. The minimum Gasteiger partial charge on any atom is -0.454 e. The number of carbonyl (C=O) groups excluding carboxylic acids is 3. The second-order valence-corrected chi connectivity index (χ2v) is 5.89. The summed E-state index contributed by atoms with van der Waals surface area (Å²) in [5.74, 6) is -3.20. The molecule has 154 valence electrons. The molecule has 0 fully saturated rings. The molecule has 0 unspecified atom stereocenters. The highest BCUT2D eigenvalue weighted by atomic mass is 16.6. The van der Waals surface area contributed by atoms with E-state index in [9.17, 15) is 29.3 Å². The summed E-state index contributed by atoms with van der Waals surface area (Å²) in [6.45, 7) is -1.28. The van der Waals surface area contributed by atoms with E-state index in [1.54, 1.807) is 30.3 Å². The number of hydrogen-bond donors (Lipinski definition) is 2. The molecule has 0 aliphatic heterocycles. The van der Waals surface area contributed by atoms with E-state index in [-0.39, 0.29) is 16.8 Å². The molecule has 0 bridgehead atoms. The van der Waals surface area contributed by atoms with Crippen LogP contribution in [0.3, 0.4) is 0 Å². The van der Waals surface area contributed by atoms with Gasteiger partial charge in [0.1, 0.15) is 6.54 Å². The summed E-state index contributed by atoms with van der Waals surface area (Å²) in [4.78, 5) is 57.5. The molecular formula is C18H14N4O8. The van der Waals surface area contributed by atoms with E-state index >= 15 is 0 Å². The lowest BCUT2D eigenvalue weighted by Crippen LogP contribution is -2.43. The molecule has 0 radical (unpaired) electrons. The zero-order chi connectivity index (χ0) is 21.7. The smallest absolute Gasteiger partial charge is 0.420 e. The van der Waals surface area contributed by atoms with Gasteiger partial charge in [-0.05, 0) is 18.2 Å².